The number of nitro groups is 1. The second-order valence-corrected chi connectivity index (χ2v) is 19.3. The molecule has 0 saturated heterocycles. The molecule has 0 unspecified atom stereocenters. The van der Waals surface area contributed by atoms with Crippen molar-refractivity contribution in [2.45, 2.75) is 149 Å². The maximum Gasteiger partial charge on any atom is 0.408 e. The van der Waals surface area contributed by atoms with Gasteiger partial charge in [0.05, 0.1) is 11.5 Å². The van der Waals surface area contributed by atoms with Gasteiger partial charge in [0.15, 0.2) is 0 Å². The van der Waals surface area contributed by atoms with Crippen molar-refractivity contribution in [3.05, 3.63) is 69.8 Å². The summed E-state index contributed by atoms with van der Waals surface area (Å²) in [6, 6.07) is 2.62. The molecule has 386 valence electrons. The van der Waals surface area contributed by atoms with E-state index in [1.54, 1.807) is 69.2 Å². The van der Waals surface area contributed by atoms with E-state index in [1.165, 1.54) is 55.5 Å². The van der Waals surface area contributed by atoms with Gasteiger partial charge in [0.2, 0.25) is 41.4 Å². The van der Waals surface area contributed by atoms with Crippen LogP contribution < -0.4 is 43.0 Å². The Labute approximate surface area is 407 Å². The van der Waals surface area contributed by atoms with Crippen molar-refractivity contribution in [2.24, 2.45) is 17.6 Å². The van der Waals surface area contributed by atoms with Gasteiger partial charge >= 0.3 is 12.1 Å². The Hall–Kier alpha value is -7.33. The highest BCUT2D eigenvalue weighted by Gasteiger charge is 2.35. The Morgan fingerprint density at radius 2 is 1.04 bits per heavy atom. The van der Waals surface area contributed by atoms with Crippen LogP contribution in [-0.2, 0) is 60.7 Å². The van der Waals surface area contributed by atoms with E-state index in [1.807, 2.05) is 0 Å². The number of amides is 8. The zero-order valence-corrected chi connectivity index (χ0v) is 41.6. The summed E-state index contributed by atoms with van der Waals surface area (Å²) < 4.78 is 10.8. The fourth-order valence-electron chi connectivity index (χ4n) is 6.45. The van der Waals surface area contributed by atoms with Crippen molar-refractivity contribution in [2.75, 3.05) is 6.54 Å². The van der Waals surface area contributed by atoms with E-state index in [-0.39, 0.29) is 30.7 Å². The molecule has 0 fully saturated rings. The lowest BCUT2D eigenvalue weighted by Gasteiger charge is -2.29. The van der Waals surface area contributed by atoms with Gasteiger partial charge in [0.25, 0.3) is 5.69 Å². The van der Waals surface area contributed by atoms with Gasteiger partial charge in [-0.25, -0.2) is 4.79 Å². The van der Waals surface area contributed by atoms with Crippen LogP contribution in [0.4, 0.5) is 10.5 Å². The third-order valence-corrected chi connectivity index (χ3v) is 9.98. The monoisotopic (exact) mass is 983 g/mol. The number of aromatic hydroxyl groups is 1. The molecule has 23 heteroatoms. The van der Waals surface area contributed by atoms with Gasteiger partial charge < -0.3 is 57.5 Å². The van der Waals surface area contributed by atoms with E-state index in [9.17, 15) is 58.4 Å². The highest BCUT2D eigenvalue weighted by molar-refractivity contribution is 5.97. The summed E-state index contributed by atoms with van der Waals surface area (Å²) in [4.78, 5) is 131. The molecule has 0 heterocycles. The largest absolute Gasteiger partial charge is 0.508 e. The topological polar surface area (TPSA) is 346 Å². The van der Waals surface area contributed by atoms with Crippen LogP contribution >= 0.6 is 0 Å². The molecule has 0 radical (unpaired) electrons. The number of nitrogens with two attached hydrogens (primary N) is 1. The molecule has 23 nitrogen and oxygen atoms in total. The number of nitrogens with zero attached hydrogens (tertiary/aromatic N) is 1. The molecule has 0 aliphatic heterocycles. The zero-order valence-electron chi connectivity index (χ0n) is 41.6. The number of phenols is 1. The molecule has 2 rings (SSSR count). The first-order chi connectivity index (χ1) is 32.3. The number of ether oxygens (including phenoxy) is 2. The van der Waals surface area contributed by atoms with Crippen molar-refractivity contribution in [1.29, 1.82) is 0 Å². The SMILES string of the molecule is CC(C)[C@H](NC(=O)[C@H](CCC(=O)OC(C)(C)C)NC(=O)[C@H](Cc1ccc([N+](=O)[O-])cc1)NC(=O)[C@@H](C)NC(=O)[C@H](Cc1ccc(O)cc1)NC(=O)OC(C)(C)C)C(=O)N[C@H](C(=O)NCC(N)=O)C(C)C. The summed E-state index contributed by atoms with van der Waals surface area (Å²) in [6.45, 7) is 17.1. The number of carbonyl (C=O) groups is 9. The third-order valence-electron chi connectivity index (χ3n) is 9.98. The molecule has 6 atom stereocenters. The van der Waals surface area contributed by atoms with Crippen LogP contribution in [0.3, 0.4) is 0 Å². The van der Waals surface area contributed by atoms with Gasteiger partial charge in [-0.15, -0.1) is 0 Å². The Balaban J connectivity index is 2.51. The summed E-state index contributed by atoms with van der Waals surface area (Å²) >= 11 is 0. The molecule has 10 N–H and O–H groups in total. The number of non-ortho nitro benzene ring substituents is 1. The highest BCUT2D eigenvalue weighted by Crippen LogP contribution is 2.17. The first-order valence-corrected chi connectivity index (χ1v) is 22.7. The van der Waals surface area contributed by atoms with Crippen LogP contribution in [0.15, 0.2) is 48.5 Å². The van der Waals surface area contributed by atoms with Gasteiger partial charge in [0.1, 0.15) is 53.2 Å². The number of nitro benzene ring substituents is 1. The van der Waals surface area contributed by atoms with Crippen LogP contribution in [0.5, 0.6) is 5.75 Å². The molecule has 0 saturated carbocycles. The van der Waals surface area contributed by atoms with Gasteiger partial charge in [-0.3, -0.25) is 48.5 Å². The number of carbonyl (C=O) groups excluding carboxylic acids is 9. The first-order valence-electron chi connectivity index (χ1n) is 22.7. The van der Waals surface area contributed by atoms with Crippen molar-refractivity contribution in [1.82, 2.24) is 37.2 Å². The maximum absolute atomic E-state index is 14.4. The quantitative estimate of drug-likeness (QED) is 0.0409. The van der Waals surface area contributed by atoms with E-state index >= 15 is 0 Å². The van der Waals surface area contributed by atoms with Gasteiger partial charge in [0, 0.05) is 31.4 Å². The fourth-order valence-corrected chi connectivity index (χ4v) is 6.45. The summed E-state index contributed by atoms with van der Waals surface area (Å²) in [5.74, 6) is -7.85. The number of nitrogens with one attached hydrogen (secondary N) is 7. The minimum absolute atomic E-state index is 0.0393. The van der Waals surface area contributed by atoms with Gasteiger partial charge in [-0.1, -0.05) is 52.0 Å². The van der Waals surface area contributed by atoms with Crippen molar-refractivity contribution in [3.8, 4) is 5.75 Å². The minimum atomic E-state index is -1.57. The number of hydrogen-bond donors (Lipinski definition) is 9. The molecule has 2 aromatic carbocycles. The Bertz CT molecular complexity index is 2190. The molecule has 8 amide bonds. The second kappa shape index (κ2) is 26.4. The van der Waals surface area contributed by atoms with Crippen LogP contribution in [0.1, 0.15) is 100 Å². The number of phenolic OH excluding ortho intramolecular Hbond substituents is 1. The molecule has 70 heavy (non-hydrogen) atoms. The second-order valence-electron chi connectivity index (χ2n) is 19.3. The average Bonchev–Trinajstić information content (AvgIpc) is 3.23. The zero-order chi connectivity index (χ0) is 53.3. The van der Waals surface area contributed by atoms with Crippen molar-refractivity contribution >= 4 is 59.1 Å². The number of rotatable bonds is 24. The molecular weight excluding hydrogens is 915 g/mol. The molecule has 0 spiro atoms. The van der Waals surface area contributed by atoms with E-state index in [0.29, 0.717) is 11.1 Å². The van der Waals surface area contributed by atoms with Gasteiger partial charge in [-0.2, -0.15) is 0 Å². The van der Waals surface area contributed by atoms with Crippen LogP contribution in [0.25, 0.3) is 0 Å². The number of primary amides is 1. The van der Waals surface area contributed by atoms with Crippen LogP contribution in [0, 0.1) is 22.0 Å². The normalized spacial score (nSPS) is 14.0. The fraction of sp³-hybridized carbons (Fsp3) is 0.553. The summed E-state index contributed by atoms with van der Waals surface area (Å²) in [6.07, 6.45) is -2.12. The average molecular weight is 984 g/mol. The smallest absolute Gasteiger partial charge is 0.408 e. The number of esters is 1. The summed E-state index contributed by atoms with van der Waals surface area (Å²) in [7, 11) is 0. The Morgan fingerprint density at radius 1 is 0.600 bits per heavy atom. The van der Waals surface area contributed by atoms with E-state index < -0.39 is 131 Å². The number of hydrogen-bond acceptors (Lipinski definition) is 14. The van der Waals surface area contributed by atoms with Crippen molar-refractivity contribution < 1.29 is 62.7 Å². The Morgan fingerprint density at radius 3 is 1.53 bits per heavy atom. The van der Waals surface area contributed by atoms with Crippen LogP contribution in [-0.4, -0.2) is 117 Å². The molecule has 0 bridgehead atoms. The molecule has 0 aromatic heterocycles. The maximum atomic E-state index is 14.4. The molecule has 0 aliphatic carbocycles. The Kier molecular flexibility index (Phi) is 22.2. The molecular formula is C47H69N9O14. The van der Waals surface area contributed by atoms with Gasteiger partial charge in [-0.05, 0) is 90.0 Å². The predicted octanol–water partition coefficient (Wildman–Crippen LogP) is 1.46. The van der Waals surface area contributed by atoms with E-state index in [4.69, 9.17) is 15.2 Å². The summed E-state index contributed by atoms with van der Waals surface area (Å²) in [5, 5.41) is 38.8. The predicted molar refractivity (Wildman–Crippen MR) is 254 cm³/mol. The van der Waals surface area contributed by atoms with Crippen LogP contribution in [0.2, 0.25) is 0 Å². The number of benzene rings is 2. The number of alkyl carbamates (subject to hydrolysis) is 1. The van der Waals surface area contributed by atoms with E-state index in [2.05, 4.69) is 37.2 Å². The standard InChI is InChI=1S/C47H69N9O14/c1-25(2)37(43(64)49-24-35(48)58)55-44(65)38(26(3)4)54-40(61)32(20-21-36(59)69-46(6,7)8)51-42(63)33(22-28-12-16-30(17-13-28)56(67)68)52-39(60)27(5)50-41(62)34(53-45(66)70-47(9,10)11)23-29-14-18-31(57)19-15-29/h12-19,25-27,32-34,37-38,57H,20-24H2,1-11H3,(H2,48,58)(H,49,64)(H,50,62)(H,51,63)(H,52,60)(H,53,66)(H,54,61)(H,55,65)/t27-,32+,33+,34+,37+,38+/m1/s1. The van der Waals surface area contributed by atoms with E-state index in [0.717, 1.165) is 0 Å². The lowest BCUT2D eigenvalue weighted by Crippen LogP contribution is -2.61. The lowest BCUT2D eigenvalue weighted by atomic mass is 9.98. The third kappa shape index (κ3) is 21.3. The first kappa shape index (κ1) is 58.8. The summed E-state index contributed by atoms with van der Waals surface area (Å²) in [5.41, 5.74) is 3.90. The highest BCUT2D eigenvalue weighted by atomic mass is 16.6. The minimum Gasteiger partial charge on any atom is -0.508 e. The lowest BCUT2D eigenvalue weighted by molar-refractivity contribution is -0.384. The molecule has 2 aromatic rings. The molecule has 0 aliphatic rings. The van der Waals surface area contributed by atoms with Crippen molar-refractivity contribution in [3.63, 3.8) is 0 Å².